The number of carbonyl (C=O) groups excluding carboxylic acids is 1. The number of methoxy groups -OCH3 is 1. The van der Waals surface area contributed by atoms with E-state index in [9.17, 15) is 19.6 Å². The number of hydrogen-bond donors (Lipinski definition) is 5. The zero-order valence-corrected chi connectivity index (χ0v) is 18.7. The zero-order valence-electron chi connectivity index (χ0n) is 17.0. The third-order valence-electron chi connectivity index (χ3n) is 4.85. The van der Waals surface area contributed by atoms with Crippen molar-refractivity contribution >= 4 is 43.4 Å². The van der Waals surface area contributed by atoms with E-state index in [2.05, 4.69) is 20.3 Å². The number of H-pyrrole nitrogens is 1. The summed E-state index contributed by atoms with van der Waals surface area (Å²) in [5.74, 6) is 0.0516. The van der Waals surface area contributed by atoms with E-state index in [4.69, 9.17) is 24.3 Å². The number of hydrogen-bond acceptors (Lipinski definition) is 12. The van der Waals surface area contributed by atoms with E-state index in [1.807, 2.05) is 0 Å². The molecular weight excluding hydrogens is 467 g/mol. The normalized spacial score (nSPS) is 27.5. The van der Waals surface area contributed by atoms with E-state index in [0.717, 1.165) is 0 Å². The van der Waals surface area contributed by atoms with Crippen LogP contribution in [0.5, 0.6) is 0 Å². The van der Waals surface area contributed by atoms with Crippen molar-refractivity contribution in [1.82, 2.24) is 24.8 Å². The first-order chi connectivity index (χ1) is 15.4. The van der Waals surface area contributed by atoms with Crippen molar-refractivity contribution in [3.63, 3.8) is 0 Å². The molecule has 14 nitrogen and oxygen atoms in total. The van der Waals surface area contributed by atoms with Gasteiger partial charge in [-0.2, -0.15) is 4.98 Å². The molecule has 6 N–H and O–H groups in total. The summed E-state index contributed by atoms with van der Waals surface area (Å²) in [6, 6.07) is 0. The highest BCUT2D eigenvalue weighted by atomic mass is 32.2. The Morgan fingerprint density at radius 1 is 1.50 bits per heavy atom. The second kappa shape index (κ2) is 9.97. The molecule has 176 valence electrons. The molecule has 2 fully saturated rings. The van der Waals surface area contributed by atoms with Crippen molar-refractivity contribution in [3.8, 4) is 0 Å². The second-order valence-corrected chi connectivity index (χ2v) is 9.00. The first-order valence-electron chi connectivity index (χ1n) is 9.67. The number of aliphatic hydroxyl groups is 1. The topological polar surface area (TPSA) is 196 Å². The van der Waals surface area contributed by atoms with E-state index >= 15 is 0 Å². The summed E-state index contributed by atoms with van der Waals surface area (Å²) >= 11 is 1.20. The standard InChI is InChI=1S/C16H23N6O8PS/c1-27-4-3-18-8(23)2-5-32-16-19-9-12(20-15(17)21-13(9)25)22(16)14-10(24)11-7(29-14)6-28-31(26)30-11/h7,10-11,14,24,26H,2-6H2,1H3,(H,18,23)(H3,17,20,21,25)/t7?,10?,11-,14-,31?/m1/s1. The van der Waals surface area contributed by atoms with Crippen molar-refractivity contribution in [2.75, 3.05) is 38.4 Å². The summed E-state index contributed by atoms with van der Waals surface area (Å²) in [6.45, 7) is 0.844. The molecule has 32 heavy (non-hydrogen) atoms. The zero-order chi connectivity index (χ0) is 22.8. The third-order valence-corrected chi connectivity index (χ3v) is 6.60. The molecule has 2 aromatic heterocycles. The molecule has 0 radical (unpaired) electrons. The van der Waals surface area contributed by atoms with Gasteiger partial charge in [0.25, 0.3) is 5.56 Å². The largest absolute Gasteiger partial charge is 0.386 e. The fourth-order valence-corrected chi connectivity index (χ4v) is 5.16. The van der Waals surface area contributed by atoms with Gasteiger partial charge in [0.1, 0.15) is 18.3 Å². The second-order valence-electron chi connectivity index (χ2n) is 6.99. The highest BCUT2D eigenvalue weighted by Gasteiger charge is 2.50. The lowest BCUT2D eigenvalue weighted by Gasteiger charge is -2.27. The summed E-state index contributed by atoms with van der Waals surface area (Å²) in [4.78, 5) is 44.9. The Morgan fingerprint density at radius 3 is 3.09 bits per heavy atom. The number of carbonyl (C=O) groups is 1. The predicted octanol–water partition coefficient (Wildman–Crippen LogP) is -1.16. The van der Waals surface area contributed by atoms with Crippen LogP contribution in [0.4, 0.5) is 5.95 Å². The molecule has 3 unspecified atom stereocenters. The molecule has 0 aromatic carbocycles. The molecule has 5 atom stereocenters. The van der Waals surface area contributed by atoms with Crippen LogP contribution in [0.3, 0.4) is 0 Å². The van der Waals surface area contributed by atoms with Crippen LogP contribution in [0.15, 0.2) is 9.95 Å². The van der Waals surface area contributed by atoms with Crippen LogP contribution >= 0.6 is 20.4 Å². The number of aromatic nitrogens is 4. The Bertz CT molecular complexity index is 1040. The minimum Gasteiger partial charge on any atom is -0.386 e. The summed E-state index contributed by atoms with van der Waals surface area (Å²) in [7, 11) is -0.571. The molecule has 4 heterocycles. The molecule has 1 amide bonds. The van der Waals surface area contributed by atoms with E-state index in [1.54, 1.807) is 7.11 Å². The summed E-state index contributed by atoms with van der Waals surface area (Å²) < 4.78 is 22.7. The number of imidazole rings is 1. The SMILES string of the molecule is COCCNC(=O)CCSc1nc2c(=O)[nH]c(N)nc2n1[C@@H]1OC2COP(O)O[C@H]2C1O. The number of fused-ring (bicyclic) bond motifs is 2. The number of nitrogens with one attached hydrogen (secondary N) is 2. The molecule has 2 aromatic rings. The van der Waals surface area contributed by atoms with Gasteiger partial charge in [0.2, 0.25) is 11.9 Å². The van der Waals surface area contributed by atoms with Crippen molar-refractivity contribution in [2.24, 2.45) is 0 Å². The number of aromatic amines is 1. The summed E-state index contributed by atoms with van der Waals surface area (Å²) in [6.07, 6.45) is -3.49. The number of nitrogens with two attached hydrogens (primary N) is 1. The monoisotopic (exact) mass is 490 g/mol. The van der Waals surface area contributed by atoms with Crippen LogP contribution in [0.2, 0.25) is 0 Å². The number of anilines is 1. The lowest BCUT2D eigenvalue weighted by atomic mass is 10.1. The van der Waals surface area contributed by atoms with Gasteiger partial charge in [0.15, 0.2) is 22.5 Å². The van der Waals surface area contributed by atoms with Gasteiger partial charge < -0.3 is 39.6 Å². The van der Waals surface area contributed by atoms with Crippen LogP contribution in [-0.2, 0) is 23.3 Å². The average Bonchev–Trinajstić information content (AvgIpc) is 3.26. The summed E-state index contributed by atoms with van der Waals surface area (Å²) in [5, 5.41) is 13.9. The lowest BCUT2D eigenvalue weighted by Crippen LogP contribution is -2.38. The maximum atomic E-state index is 12.4. The van der Waals surface area contributed by atoms with Crippen molar-refractivity contribution in [3.05, 3.63) is 10.4 Å². The Morgan fingerprint density at radius 2 is 2.31 bits per heavy atom. The smallest absolute Gasteiger partial charge is 0.330 e. The van der Waals surface area contributed by atoms with Gasteiger partial charge in [-0.05, 0) is 0 Å². The molecule has 4 rings (SSSR count). The fourth-order valence-electron chi connectivity index (χ4n) is 3.40. The van der Waals surface area contributed by atoms with E-state index in [1.165, 1.54) is 16.3 Å². The Labute approximate surface area is 186 Å². The highest BCUT2D eigenvalue weighted by Crippen LogP contribution is 2.47. The molecule has 2 aliphatic rings. The minimum atomic E-state index is -2.12. The first-order valence-corrected chi connectivity index (χ1v) is 11.8. The molecular formula is C16H23N6O8PS. The summed E-state index contributed by atoms with van der Waals surface area (Å²) in [5.41, 5.74) is 5.30. The van der Waals surface area contributed by atoms with Crippen molar-refractivity contribution < 1.29 is 33.3 Å². The molecule has 0 spiro atoms. The number of nitrogens with zero attached hydrogens (tertiary/aromatic N) is 3. The molecule has 0 aliphatic carbocycles. The molecule has 2 aliphatic heterocycles. The molecule has 2 saturated heterocycles. The van der Waals surface area contributed by atoms with Crippen LogP contribution < -0.4 is 16.6 Å². The highest BCUT2D eigenvalue weighted by molar-refractivity contribution is 7.99. The Hall–Kier alpha value is -1.84. The average molecular weight is 490 g/mol. The number of amides is 1. The van der Waals surface area contributed by atoms with Gasteiger partial charge in [0.05, 0.1) is 13.2 Å². The van der Waals surface area contributed by atoms with Crippen LogP contribution in [0, 0.1) is 0 Å². The lowest BCUT2D eigenvalue weighted by molar-refractivity contribution is -0.120. The molecule has 0 bridgehead atoms. The van der Waals surface area contributed by atoms with Crippen molar-refractivity contribution in [2.45, 2.75) is 36.1 Å². The van der Waals surface area contributed by atoms with Gasteiger partial charge in [-0.3, -0.25) is 19.1 Å². The van der Waals surface area contributed by atoms with Crippen LogP contribution in [0.25, 0.3) is 11.2 Å². The van der Waals surface area contributed by atoms with Gasteiger partial charge in [-0.15, -0.1) is 0 Å². The minimum absolute atomic E-state index is 0.0125. The quantitative estimate of drug-likeness (QED) is 0.169. The Balaban J connectivity index is 1.59. The maximum Gasteiger partial charge on any atom is 0.330 e. The number of nitrogen functional groups attached to an aromatic ring is 1. The van der Waals surface area contributed by atoms with Gasteiger partial charge in [-0.25, -0.2) is 4.98 Å². The number of thioether (sulfide) groups is 1. The third kappa shape index (κ3) is 4.75. The van der Waals surface area contributed by atoms with E-state index in [-0.39, 0.29) is 36.0 Å². The van der Waals surface area contributed by atoms with Crippen LogP contribution in [0.1, 0.15) is 12.6 Å². The van der Waals surface area contributed by atoms with Gasteiger partial charge in [0, 0.05) is 25.8 Å². The molecule has 0 saturated carbocycles. The Kier molecular flexibility index (Phi) is 7.27. The number of ether oxygens (including phenoxy) is 2. The van der Waals surface area contributed by atoms with E-state index in [0.29, 0.717) is 24.1 Å². The number of aliphatic hydroxyl groups excluding tert-OH is 1. The van der Waals surface area contributed by atoms with Gasteiger partial charge in [-0.1, -0.05) is 11.8 Å². The maximum absolute atomic E-state index is 12.4. The van der Waals surface area contributed by atoms with Crippen molar-refractivity contribution in [1.29, 1.82) is 0 Å². The molecule has 16 heteroatoms. The number of rotatable bonds is 8. The first kappa shape index (κ1) is 23.3. The van der Waals surface area contributed by atoms with Gasteiger partial charge >= 0.3 is 8.60 Å². The fraction of sp³-hybridized carbons (Fsp3) is 0.625. The van der Waals surface area contributed by atoms with E-state index < -0.39 is 38.7 Å². The van der Waals surface area contributed by atoms with Crippen LogP contribution in [-0.4, -0.2) is 86.4 Å². The predicted molar refractivity (Wildman–Crippen MR) is 113 cm³/mol.